The topological polar surface area (TPSA) is 69.6 Å². The van der Waals surface area contributed by atoms with E-state index in [9.17, 15) is 9.59 Å². The number of carbonyl (C=O) groups excluding carboxylic acids is 1. The summed E-state index contributed by atoms with van der Waals surface area (Å²) in [5.74, 6) is -1.08. The van der Waals surface area contributed by atoms with Crippen molar-refractivity contribution in [3.8, 4) is 0 Å². The van der Waals surface area contributed by atoms with E-state index in [1.54, 1.807) is 18.2 Å². The third-order valence-electron chi connectivity index (χ3n) is 2.84. The van der Waals surface area contributed by atoms with Gasteiger partial charge in [-0.3, -0.25) is 0 Å². The molecule has 1 aromatic rings. The van der Waals surface area contributed by atoms with Gasteiger partial charge in [0.25, 0.3) is 0 Å². The molecule has 0 unspecified atom stereocenters. The number of hydrogen-bond acceptors (Lipinski definition) is 2. The van der Waals surface area contributed by atoms with E-state index in [0.717, 1.165) is 8.47 Å². The fourth-order valence-corrected chi connectivity index (χ4v) is 2.09. The monoisotopic (exact) mass is 396 g/mol. The molecule has 7 heteroatoms. The molecule has 5 nitrogen and oxygen atoms in total. The first kappa shape index (κ1) is 16.0. The Kier molecular flexibility index (Phi) is 5.03. The quantitative estimate of drug-likeness (QED) is 0.771. The summed E-state index contributed by atoms with van der Waals surface area (Å²) >= 11 is 8.11. The van der Waals surface area contributed by atoms with Crippen LogP contribution in [0.3, 0.4) is 0 Å². The van der Waals surface area contributed by atoms with Crippen LogP contribution in [-0.2, 0) is 4.79 Å². The number of likely N-dealkylation sites (N-methyl/N-ethyl adjacent to an activating group) is 1. The lowest BCUT2D eigenvalue weighted by molar-refractivity contribution is -0.146. The molecule has 0 atom stereocenters. The van der Waals surface area contributed by atoms with Gasteiger partial charge >= 0.3 is 12.0 Å². The van der Waals surface area contributed by atoms with Crippen LogP contribution >= 0.6 is 34.2 Å². The van der Waals surface area contributed by atoms with Crippen molar-refractivity contribution in [3.63, 3.8) is 0 Å². The van der Waals surface area contributed by atoms with Gasteiger partial charge in [-0.2, -0.15) is 0 Å². The Bertz CT molecular complexity index is 520. The average Bonchev–Trinajstić information content (AvgIpc) is 2.31. The lowest BCUT2D eigenvalue weighted by atomic mass is 10.1. The molecule has 0 aliphatic heterocycles. The van der Waals surface area contributed by atoms with Gasteiger partial charge in [-0.1, -0.05) is 11.6 Å². The van der Waals surface area contributed by atoms with Crippen molar-refractivity contribution in [2.24, 2.45) is 0 Å². The maximum absolute atomic E-state index is 12.0. The molecule has 0 aromatic heterocycles. The summed E-state index contributed by atoms with van der Waals surface area (Å²) in [6.45, 7) is 2.90. The van der Waals surface area contributed by atoms with Crippen LogP contribution in [-0.4, -0.2) is 34.6 Å². The van der Waals surface area contributed by atoms with Gasteiger partial charge in [-0.15, -0.1) is 0 Å². The normalized spacial score (nSPS) is 11.0. The highest BCUT2D eigenvalue weighted by atomic mass is 127. The van der Waals surface area contributed by atoms with E-state index in [4.69, 9.17) is 16.7 Å². The van der Waals surface area contributed by atoms with Crippen molar-refractivity contribution in [2.45, 2.75) is 19.4 Å². The molecule has 104 valence electrons. The maximum Gasteiger partial charge on any atom is 0.329 e. The van der Waals surface area contributed by atoms with Crippen molar-refractivity contribution < 1.29 is 14.7 Å². The van der Waals surface area contributed by atoms with Gasteiger partial charge in [-0.25, -0.2) is 9.59 Å². The summed E-state index contributed by atoms with van der Waals surface area (Å²) in [4.78, 5) is 24.2. The number of carboxylic acid groups (broad SMARTS) is 1. The standard InChI is InChI=1S/C12H14ClIN2O3/c1-12(2,10(17)18)16(3)11(19)15-9-5-4-7(14)6-8(9)13/h4-6H,1-3H3,(H,15,19)(H,17,18). The van der Waals surface area contributed by atoms with Gasteiger partial charge in [0.2, 0.25) is 0 Å². The number of nitrogens with zero attached hydrogens (tertiary/aromatic N) is 1. The van der Waals surface area contributed by atoms with Crippen molar-refractivity contribution in [2.75, 3.05) is 12.4 Å². The highest BCUT2D eigenvalue weighted by Gasteiger charge is 2.35. The number of amides is 2. The SMILES string of the molecule is CN(C(=O)Nc1ccc(I)cc1Cl)C(C)(C)C(=O)O. The second-order valence-electron chi connectivity index (χ2n) is 4.48. The van der Waals surface area contributed by atoms with Crippen LogP contribution < -0.4 is 5.32 Å². The van der Waals surface area contributed by atoms with E-state index >= 15 is 0 Å². The Labute approximate surface area is 130 Å². The van der Waals surface area contributed by atoms with Crippen LogP contribution in [0.25, 0.3) is 0 Å². The van der Waals surface area contributed by atoms with Crippen molar-refractivity contribution >= 4 is 51.9 Å². The molecule has 0 bridgehead atoms. The lowest BCUT2D eigenvalue weighted by Crippen LogP contribution is -2.52. The third-order valence-corrected chi connectivity index (χ3v) is 3.82. The summed E-state index contributed by atoms with van der Waals surface area (Å²) in [6, 6.07) is 4.64. The number of nitrogens with one attached hydrogen (secondary N) is 1. The average molecular weight is 397 g/mol. The predicted octanol–water partition coefficient (Wildman–Crippen LogP) is 3.27. The Hall–Kier alpha value is -1.02. The van der Waals surface area contributed by atoms with Gasteiger partial charge in [0.15, 0.2) is 0 Å². The number of anilines is 1. The van der Waals surface area contributed by atoms with Crippen LogP contribution in [0.1, 0.15) is 13.8 Å². The van der Waals surface area contributed by atoms with Gasteiger partial charge in [0.1, 0.15) is 5.54 Å². The lowest BCUT2D eigenvalue weighted by Gasteiger charge is -2.31. The number of halogens is 2. The fourth-order valence-electron chi connectivity index (χ4n) is 1.19. The molecule has 0 fully saturated rings. The zero-order valence-corrected chi connectivity index (χ0v) is 13.6. The molecule has 19 heavy (non-hydrogen) atoms. The van der Waals surface area contributed by atoms with Crippen molar-refractivity contribution in [1.82, 2.24) is 4.90 Å². The molecular formula is C12H14ClIN2O3. The third kappa shape index (κ3) is 3.73. The highest BCUT2D eigenvalue weighted by Crippen LogP contribution is 2.24. The zero-order chi connectivity index (χ0) is 14.8. The second-order valence-corrected chi connectivity index (χ2v) is 6.13. The van der Waals surface area contributed by atoms with E-state index in [1.807, 2.05) is 0 Å². The molecule has 0 radical (unpaired) electrons. The summed E-state index contributed by atoms with van der Waals surface area (Å²) in [7, 11) is 1.42. The number of carbonyl (C=O) groups is 2. The first-order valence-electron chi connectivity index (χ1n) is 5.39. The minimum absolute atomic E-state index is 0.404. The minimum Gasteiger partial charge on any atom is -0.480 e. The van der Waals surface area contributed by atoms with Crippen LogP contribution in [0.4, 0.5) is 10.5 Å². The van der Waals surface area contributed by atoms with Crippen LogP contribution in [0.5, 0.6) is 0 Å². The first-order valence-corrected chi connectivity index (χ1v) is 6.85. The molecule has 1 rings (SSSR count). The van der Waals surface area contributed by atoms with E-state index in [1.165, 1.54) is 20.9 Å². The molecule has 1 aromatic carbocycles. The highest BCUT2D eigenvalue weighted by molar-refractivity contribution is 14.1. The Morgan fingerprint density at radius 2 is 2.00 bits per heavy atom. The summed E-state index contributed by atoms with van der Waals surface area (Å²) in [5.41, 5.74) is -0.861. The molecule has 0 spiro atoms. The van der Waals surface area contributed by atoms with E-state index in [0.29, 0.717) is 10.7 Å². The maximum atomic E-state index is 12.0. The first-order chi connectivity index (χ1) is 8.66. The molecule has 0 saturated heterocycles. The summed E-state index contributed by atoms with van der Waals surface area (Å²) < 4.78 is 0.944. The molecule has 2 amide bonds. The van der Waals surface area contributed by atoms with Gasteiger partial charge in [0.05, 0.1) is 10.7 Å². The number of rotatable bonds is 3. The molecular weight excluding hydrogens is 383 g/mol. The van der Waals surface area contributed by atoms with Crippen molar-refractivity contribution in [3.05, 3.63) is 26.8 Å². The van der Waals surface area contributed by atoms with Crippen LogP contribution in [0.15, 0.2) is 18.2 Å². The van der Waals surface area contributed by atoms with E-state index < -0.39 is 17.5 Å². The van der Waals surface area contributed by atoms with Gasteiger partial charge < -0.3 is 15.3 Å². The Balaban J connectivity index is 2.88. The molecule has 0 aliphatic rings. The Morgan fingerprint density at radius 1 is 1.42 bits per heavy atom. The Morgan fingerprint density at radius 3 is 2.47 bits per heavy atom. The largest absolute Gasteiger partial charge is 0.480 e. The van der Waals surface area contributed by atoms with E-state index in [2.05, 4.69) is 27.9 Å². The number of benzene rings is 1. The number of carboxylic acids is 1. The number of urea groups is 1. The van der Waals surface area contributed by atoms with Crippen molar-refractivity contribution in [1.29, 1.82) is 0 Å². The molecule has 0 aliphatic carbocycles. The molecule has 2 N–H and O–H groups in total. The zero-order valence-electron chi connectivity index (χ0n) is 10.7. The fraction of sp³-hybridized carbons (Fsp3) is 0.333. The van der Waals surface area contributed by atoms with E-state index in [-0.39, 0.29) is 0 Å². The smallest absolute Gasteiger partial charge is 0.329 e. The number of aliphatic carboxylic acids is 1. The minimum atomic E-state index is -1.31. The van der Waals surface area contributed by atoms with Crippen LogP contribution in [0.2, 0.25) is 5.02 Å². The summed E-state index contributed by atoms with van der Waals surface area (Å²) in [5, 5.41) is 12.1. The molecule has 0 saturated carbocycles. The molecule has 0 heterocycles. The summed E-state index contributed by atoms with van der Waals surface area (Å²) in [6.07, 6.45) is 0. The predicted molar refractivity (Wildman–Crippen MR) is 82.7 cm³/mol. The van der Waals surface area contributed by atoms with Crippen LogP contribution in [0, 0.1) is 3.57 Å². The van der Waals surface area contributed by atoms with Gasteiger partial charge in [-0.05, 0) is 54.6 Å². The van der Waals surface area contributed by atoms with Gasteiger partial charge in [0, 0.05) is 10.6 Å². The second kappa shape index (κ2) is 5.96. The number of hydrogen-bond donors (Lipinski definition) is 2.